The highest BCUT2D eigenvalue weighted by atomic mass is 32.1. The highest BCUT2D eigenvalue weighted by Crippen LogP contribution is 2.40. The molecule has 1 aliphatic carbocycles. The van der Waals surface area contributed by atoms with Crippen molar-refractivity contribution in [2.24, 2.45) is 11.8 Å². The van der Waals surface area contributed by atoms with Gasteiger partial charge in [-0.05, 0) is 113 Å². The Morgan fingerprint density at radius 2 is 1.65 bits per heavy atom. The minimum Gasteiger partial charge on any atom is -0.493 e. The third-order valence-electron chi connectivity index (χ3n) is 7.78. The largest absolute Gasteiger partial charge is 0.493 e. The zero-order valence-electron chi connectivity index (χ0n) is 24.3. The quantitative estimate of drug-likeness (QED) is 0.228. The van der Waals surface area contributed by atoms with Crippen molar-refractivity contribution in [1.82, 2.24) is 0 Å². The molecular weight excluding hydrogens is 583 g/mol. The molecule has 1 amide bonds. The fourth-order valence-electron chi connectivity index (χ4n) is 5.44. The Morgan fingerprint density at radius 3 is 2.23 bits per heavy atom. The molecule has 230 valence electrons. The number of rotatable bonds is 10. The maximum atomic E-state index is 13.6. The van der Waals surface area contributed by atoms with Gasteiger partial charge in [0.1, 0.15) is 17.9 Å². The normalized spacial score (nSPS) is 20.2. The SMILES string of the molecule is CCOC(=O)COCC1CCC(COc2ccc(N3C(=S)N(c4ccc(C#N)c(C(F)(F)F)c4)C(=O)C3(C)C)cc2)CC1. The Labute approximate surface area is 254 Å². The van der Waals surface area contributed by atoms with Gasteiger partial charge in [0.15, 0.2) is 5.11 Å². The van der Waals surface area contributed by atoms with Crippen LogP contribution in [0.4, 0.5) is 24.5 Å². The Bertz CT molecular complexity index is 1380. The molecule has 2 aromatic carbocycles. The van der Waals surface area contributed by atoms with E-state index in [1.807, 2.05) is 0 Å². The number of esters is 1. The van der Waals surface area contributed by atoms with Gasteiger partial charge in [0.05, 0.1) is 42.7 Å². The first-order valence-corrected chi connectivity index (χ1v) is 14.5. The van der Waals surface area contributed by atoms with Crippen molar-refractivity contribution in [1.29, 1.82) is 5.26 Å². The van der Waals surface area contributed by atoms with Crippen LogP contribution in [-0.4, -0.2) is 49.0 Å². The van der Waals surface area contributed by atoms with E-state index in [2.05, 4.69) is 0 Å². The van der Waals surface area contributed by atoms with Gasteiger partial charge in [-0.15, -0.1) is 0 Å². The van der Waals surface area contributed by atoms with Crippen molar-refractivity contribution in [2.75, 3.05) is 36.2 Å². The summed E-state index contributed by atoms with van der Waals surface area (Å²) in [6.45, 7) is 6.47. The summed E-state index contributed by atoms with van der Waals surface area (Å²) in [6, 6.07) is 11.7. The molecule has 1 saturated carbocycles. The van der Waals surface area contributed by atoms with Gasteiger partial charge >= 0.3 is 12.1 Å². The second-order valence-electron chi connectivity index (χ2n) is 11.2. The highest BCUT2D eigenvalue weighted by molar-refractivity contribution is 7.81. The summed E-state index contributed by atoms with van der Waals surface area (Å²) in [7, 11) is 0. The molecule has 1 saturated heterocycles. The maximum Gasteiger partial charge on any atom is 0.417 e. The summed E-state index contributed by atoms with van der Waals surface area (Å²) in [5, 5.41) is 9.16. The topological polar surface area (TPSA) is 92.1 Å². The van der Waals surface area contributed by atoms with Gasteiger partial charge in [-0.1, -0.05) is 0 Å². The predicted octanol–water partition coefficient (Wildman–Crippen LogP) is 6.26. The highest BCUT2D eigenvalue weighted by Gasteiger charge is 2.50. The van der Waals surface area contributed by atoms with Crippen LogP contribution in [-0.2, 0) is 25.2 Å². The van der Waals surface area contributed by atoms with Crippen LogP contribution in [0, 0.1) is 23.2 Å². The molecule has 0 atom stereocenters. The lowest BCUT2D eigenvalue weighted by Gasteiger charge is -2.30. The van der Waals surface area contributed by atoms with Crippen LogP contribution < -0.4 is 14.5 Å². The lowest BCUT2D eigenvalue weighted by Crippen LogP contribution is -2.44. The number of halogens is 3. The smallest absolute Gasteiger partial charge is 0.417 e. The number of carbonyl (C=O) groups is 2. The summed E-state index contributed by atoms with van der Waals surface area (Å²) >= 11 is 5.60. The number of alkyl halides is 3. The second-order valence-corrected chi connectivity index (χ2v) is 11.5. The number of nitriles is 1. The average Bonchev–Trinajstić information content (AvgIpc) is 3.15. The van der Waals surface area contributed by atoms with Gasteiger partial charge in [0.25, 0.3) is 5.91 Å². The third kappa shape index (κ3) is 7.28. The number of amides is 1. The van der Waals surface area contributed by atoms with Crippen molar-refractivity contribution >= 4 is 40.6 Å². The van der Waals surface area contributed by atoms with Crippen molar-refractivity contribution in [3.05, 3.63) is 53.6 Å². The summed E-state index contributed by atoms with van der Waals surface area (Å²) in [5.74, 6) is 0.616. The maximum absolute atomic E-state index is 13.6. The van der Waals surface area contributed by atoms with E-state index < -0.39 is 28.7 Å². The Kier molecular flexibility index (Phi) is 9.97. The number of carbonyl (C=O) groups excluding carboxylic acids is 2. The van der Waals surface area contributed by atoms with E-state index in [4.69, 9.17) is 31.7 Å². The molecule has 0 aromatic heterocycles. The molecule has 4 rings (SSSR count). The molecule has 2 aromatic rings. The zero-order chi connectivity index (χ0) is 31.4. The molecule has 12 heteroatoms. The summed E-state index contributed by atoms with van der Waals surface area (Å²) < 4.78 is 57.2. The predicted molar refractivity (Wildman–Crippen MR) is 158 cm³/mol. The molecule has 0 bridgehead atoms. The molecule has 43 heavy (non-hydrogen) atoms. The zero-order valence-corrected chi connectivity index (χ0v) is 25.1. The Hall–Kier alpha value is -3.69. The van der Waals surface area contributed by atoms with Crippen LogP contribution in [0.3, 0.4) is 0 Å². The lowest BCUT2D eigenvalue weighted by molar-refractivity contribution is -0.149. The third-order valence-corrected chi connectivity index (χ3v) is 8.15. The van der Waals surface area contributed by atoms with Gasteiger partial charge < -0.3 is 19.1 Å². The van der Waals surface area contributed by atoms with Crippen LogP contribution in [0.25, 0.3) is 0 Å². The van der Waals surface area contributed by atoms with E-state index in [0.29, 0.717) is 43.1 Å². The van der Waals surface area contributed by atoms with Crippen molar-refractivity contribution in [3.8, 4) is 11.8 Å². The number of hydrogen-bond donors (Lipinski definition) is 0. The average molecular weight is 618 g/mol. The summed E-state index contributed by atoms with van der Waals surface area (Å²) in [6.07, 6.45) is -0.803. The number of hydrogen-bond acceptors (Lipinski definition) is 7. The van der Waals surface area contributed by atoms with E-state index in [1.54, 1.807) is 56.0 Å². The molecule has 0 N–H and O–H groups in total. The van der Waals surface area contributed by atoms with Gasteiger partial charge in [-0.3, -0.25) is 9.69 Å². The number of benzene rings is 2. The number of nitrogens with zero attached hydrogens (tertiary/aromatic N) is 3. The fourth-order valence-corrected chi connectivity index (χ4v) is 5.96. The molecule has 8 nitrogen and oxygen atoms in total. The first-order valence-electron chi connectivity index (χ1n) is 14.1. The van der Waals surface area contributed by atoms with Crippen molar-refractivity contribution in [2.45, 2.75) is 58.2 Å². The summed E-state index contributed by atoms with van der Waals surface area (Å²) in [4.78, 5) is 27.5. The van der Waals surface area contributed by atoms with E-state index in [1.165, 1.54) is 6.07 Å². The van der Waals surface area contributed by atoms with Gasteiger partial charge in [0, 0.05) is 5.69 Å². The Balaban J connectivity index is 1.36. The van der Waals surface area contributed by atoms with Crippen LogP contribution in [0.5, 0.6) is 5.75 Å². The molecule has 2 fully saturated rings. The van der Waals surface area contributed by atoms with E-state index >= 15 is 0 Å². The second kappa shape index (κ2) is 13.3. The number of thiocarbonyl (C=S) groups is 1. The van der Waals surface area contributed by atoms with Crippen LogP contribution in [0.1, 0.15) is 57.6 Å². The molecular formula is C31H34F3N3O5S. The fraction of sp³-hybridized carbons (Fsp3) is 0.484. The van der Waals surface area contributed by atoms with Gasteiger partial charge in [-0.25, -0.2) is 4.79 Å². The van der Waals surface area contributed by atoms with Crippen LogP contribution in [0.2, 0.25) is 0 Å². The molecule has 0 radical (unpaired) electrons. The van der Waals surface area contributed by atoms with Crippen molar-refractivity contribution in [3.63, 3.8) is 0 Å². The first kappa shape index (κ1) is 32.2. The van der Waals surface area contributed by atoms with Crippen LogP contribution >= 0.6 is 12.2 Å². The van der Waals surface area contributed by atoms with E-state index in [0.717, 1.165) is 42.7 Å². The number of anilines is 2. The standard InChI is InChI=1S/C31H34F3N3O5S/c1-4-41-27(38)19-40-17-20-5-7-21(8-6-20)18-42-25-13-11-23(12-14-25)37-29(43)36(28(39)30(37,2)3)24-10-9-22(16-35)26(15-24)31(32,33)34/h9-15,20-21H,4-8,17-19H2,1-3H3. The number of ether oxygens (including phenoxy) is 3. The minimum atomic E-state index is -4.77. The van der Waals surface area contributed by atoms with E-state index in [-0.39, 0.29) is 23.4 Å². The Morgan fingerprint density at radius 1 is 1.05 bits per heavy atom. The van der Waals surface area contributed by atoms with Crippen LogP contribution in [0.15, 0.2) is 42.5 Å². The van der Waals surface area contributed by atoms with Crippen molar-refractivity contribution < 1.29 is 37.0 Å². The molecule has 2 aliphatic rings. The summed E-state index contributed by atoms with van der Waals surface area (Å²) in [5.41, 5.74) is -2.31. The molecule has 0 unspecified atom stereocenters. The molecule has 1 heterocycles. The van der Waals surface area contributed by atoms with Gasteiger partial charge in [0.2, 0.25) is 0 Å². The minimum absolute atomic E-state index is 0.0210. The van der Waals surface area contributed by atoms with Gasteiger partial charge in [-0.2, -0.15) is 18.4 Å². The first-order chi connectivity index (χ1) is 20.4. The molecule has 0 spiro atoms. The van der Waals surface area contributed by atoms with E-state index in [9.17, 15) is 22.8 Å². The molecule has 1 aliphatic heterocycles. The monoisotopic (exact) mass is 617 g/mol. The lowest BCUT2D eigenvalue weighted by atomic mass is 9.83.